The van der Waals surface area contributed by atoms with Gasteiger partial charge in [0.2, 0.25) is 5.91 Å². The Labute approximate surface area is 129 Å². The van der Waals surface area contributed by atoms with E-state index in [1.807, 2.05) is 11.0 Å². The van der Waals surface area contributed by atoms with E-state index in [4.69, 9.17) is 27.9 Å². The van der Waals surface area contributed by atoms with Crippen molar-refractivity contribution in [3.05, 3.63) is 39.9 Å². The summed E-state index contributed by atoms with van der Waals surface area (Å²) < 4.78 is 5.29. The quantitative estimate of drug-likeness (QED) is 0.797. The van der Waals surface area contributed by atoms with Crippen LogP contribution >= 0.6 is 23.2 Å². The second-order valence-electron chi connectivity index (χ2n) is 4.77. The molecule has 1 aliphatic rings. The lowest BCUT2D eigenvalue weighted by molar-refractivity contribution is -0.128. The van der Waals surface area contributed by atoms with Crippen molar-refractivity contribution in [2.24, 2.45) is 0 Å². The molecule has 1 aromatic carbocycles. The van der Waals surface area contributed by atoms with Crippen molar-refractivity contribution in [3.8, 4) is 0 Å². The molecule has 0 N–H and O–H groups in total. The van der Waals surface area contributed by atoms with Gasteiger partial charge in [-0.3, -0.25) is 4.79 Å². The first-order valence-electron chi connectivity index (χ1n) is 6.55. The summed E-state index contributed by atoms with van der Waals surface area (Å²) in [5.41, 5.74) is 0.861. The normalized spacial score (nSPS) is 16.9. The molecule has 108 valence electrons. The number of halogens is 2. The van der Waals surface area contributed by atoms with Gasteiger partial charge in [0.15, 0.2) is 0 Å². The number of methoxy groups -OCH3 is 1. The average Bonchev–Trinajstić information content (AvgIpc) is 2.48. The van der Waals surface area contributed by atoms with Gasteiger partial charge in [0.1, 0.15) is 0 Å². The minimum Gasteiger partial charge on any atom is -0.381 e. The van der Waals surface area contributed by atoms with Crippen molar-refractivity contribution in [2.75, 3.05) is 20.2 Å². The third-order valence-corrected chi connectivity index (χ3v) is 4.19. The Bertz CT molecular complexity index is 509. The monoisotopic (exact) mass is 313 g/mol. The van der Waals surface area contributed by atoms with Crippen LogP contribution in [0.2, 0.25) is 10.0 Å². The van der Waals surface area contributed by atoms with E-state index >= 15 is 0 Å². The molecule has 0 saturated carbocycles. The van der Waals surface area contributed by atoms with Gasteiger partial charge in [-0.05, 0) is 36.6 Å². The number of nitrogens with zero attached hydrogens (tertiary/aromatic N) is 1. The van der Waals surface area contributed by atoms with Gasteiger partial charge in [-0.1, -0.05) is 29.3 Å². The molecule has 0 aromatic heterocycles. The Balaban J connectivity index is 1.94. The number of piperidine rings is 1. The Morgan fingerprint density at radius 1 is 1.30 bits per heavy atom. The van der Waals surface area contributed by atoms with Crippen LogP contribution in [0, 0.1) is 0 Å². The zero-order valence-electron chi connectivity index (χ0n) is 11.3. The molecule has 5 heteroatoms. The number of amides is 1. The number of hydrogen-bond donors (Lipinski definition) is 0. The van der Waals surface area contributed by atoms with E-state index in [-0.39, 0.29) is 12.0 Å². The predicted molar refractivity (Wildman–Crippen MR) is 82.1 cm³/mol. The summed E-state index contributed by atoms with van der Waals surface area (Å²) in [6.45, 7) is 1.48. The molecule has 0 atom stereocenters. The van der Waals surface area contributed by atoms with Crippen molar-refractivity contribution in [3.63, 3.8) is 0 Å². The molecule has 20 heavy (non-hydrogen) atoms. The standard InChI is InChI=1S/C15H17Cl2NO2/c1-20-12-6-8-18(9-7-12)15(19)5-3-11-2-4-13(16)14(17)10-11/h2-5,10,12H,6-9H2,1H3/b5-3+. The number of likely N-dealkylation sites (tertiary alicyclic amines) is 1. The van der Waals surface area contributed by atoms with Crippen molar-refractivity contribution >= 4 is 35.2 Å². The maximum atomic E-state index is 12.1. The number of hydrogen-bond acceptors (Lipinski definition) is 2. The van der Waals surface area contributed by atoms with Crippen LogP contribution in [0.4, 0.5) is 0 Å². The fourth-order valence-corrected chi connectivity index (χ4v) is 2.51. The molecular formula is C15H17Cl2NO2. The van der Waals surface area contributed by atoms with Gasteiger partial charge in [-0.2, -0.15) is 0 Å². The van der Waals surface area contributed by atoms with Crippen LogP contribution in [0.3, 0.4) is 0 Å². The third kappa shape index (κ3) is 3.98. The number of rotatable bonds is 3. The van der Waals surface area contributed by atoms with Crippen molar-refractivity contribution in [1.29, 1.82) is 0 Å². The Morgan fingerprint density at radius 2 is 2.00 bits per heavy atom. The fraction of sp³-hybridized carbons (Fsp3) is 0.400. The molecule has 3 nitrogen and oxygen atoms in total. The van der Waals surface area contributed by atoms with Gasteiger partial charge in [0.25, 0.3) is 0 Å². The highest BCUT2D eigenvalue weighted by Gasteiger charge is 2.20. The lowest BCUT2D eigenvalue weighted by Crippen LogP contribution is -2.39. The maximum absolute atomic E-state index is 12.1. The highest BCUT2D eigenvalue weighted by Crippen LogP contribution is 2.23. The van der Waals surface area contributed by atoms with E-state index in [9.17, 15) is 4.79 Å². The number of ether oxygens (including phenoxy) is 1. The highest BCUT2D eigenvalue weighted by atomic mass is 35.5. The van der Waals surface area contributed by atoms with Crippen LogP contribution < -0.4 is 0 Å². The summed E-state index contributed by atoms with van der Waals surface area (Å²) in [4.78, 5) is 13.9. The van der Waals surface area contributed by atoms with Crippen molar-refractivity contribution in [2.45, 2.75) is 18.9 Å². The maximum Gasteiger partial charge on any atom is 0.246 e. The minimum atomic E-state index is 0.0191. The smallest absolute Gasteiger partial charge is 0.246 e. The summed E-state index contributed by atoms with van der Waals surface area (Å²) in [5, 5.41) is 0.999. The molecule has 1 saturated heterocycles. The molecule has 0 spiro atoms. The van der Waals surface area contributed by atoms with Gasteiger partial charge in [-0.15, -0.1) is 0 Å². The van der Waals surface area contributed by atoms with Gasteiger partial charge in [0, 0.05) is 26.3 Å². The molecular weight excluding hydrogens is 297 g/mol. The van der Waals surface area contributed by atoms with Crippen LogP contribution in [-0.4, -0.2) is 37.1 Å². The Kier molecular flexibility index (Phi) is 5.46. The number of benzene rings is 1. The van der Waals surface area contributed by atoms with Gasteiger partial charge in [0.05, 0.1) is 16.1 Å². The molecule has 0 aliphatic carbocycles. The molecule has 0 bridgehead atoms. The fourth-order valence-electron chi connectivity index (χ4n) is 2.20. The molecule has 1 amide bonds. The first kappa shape index (κ1) is 15.4. The topological polar surface area (TPSA) is 29.5 Å². The van der Waals surface area contributed by atoms with Crippen LogP contribution in [0.15, 0.2) is 24.3 Å². The summed E-state index contributed by atoms with van der Waals surface area (Å²) >= 11 is 11.8. The minimum absolute atomic E-state index is 0.0191. The first-order valence-corrected chi connectivity index (χ1v) is 7.30. The zero-order chi connectivity index (χ0) is 14.5. The molecule has 1 aromatic rings. The van der Waals surface area contributed by atoms with E-state index < -0.39 is 0 Å². The summed E-state index contributed by atoms with van der Waals surface area (Å²) in [5.74, 6) is 0.0191. The van der Waals surface area contributed by atoms with E-state index in [1.54, 1.807) is 31.4 Å². The lowest BCUT2D eigenvalue weighted by atomic mass is 10.1. The second kappa shape index (κ2) is 7.11. The van der Waals surface area contributed by atoms with Crippen LogP contribution in [0.25, 0.3) is 6.08 Å². The molecule has 1 fully saturated rings. The summed E-state index contributed by atoms with van der Waals surface area (Å²) in [6, 6.07) is 5.29. The third-order valence-electron chi connectivity index (χ3n) is 3.45. The average molecular weight is 314 g/mol. The lowest BCUT2D eigenvalue weighted by Gasteiger charge is -2.30. The molecule has 2 rings (SSSR count). The van der Waals surface area contributed by atoms with E-state index in [0.717, 1.165) is 31.5 Å². The van der Waals surface area contributed by atoms with Gasteiger partial charge < -0.3 is 9.64 Å². The summed E-state index contributed by atoms with van der Waals surface area (Å²) in [6.07, 6.45) is 5.39. The zero-order valence-corrected chi connectivity index (χ0v) is 12.8. The first-order chi connectivity index (χ1) is 9.60. The van der Waals surface area contributed by atoms with Crippen molar-refractivity contribution in [1.82, 2.24) is 4.90 Å². The van der Waals surface area contributed by atoms with E-state index in [0.29, 0.717) is 10.0 Å². The molecule has 0 radical (unpaired) electrons. The molecule has 0 unspecified atom stereocenters. The van der Waals surface area contributed by atoms with Crippen LogP contribution in [-0.2, 0) is 9.53 Å². The SMILES string of the molecule is COC1CCN(C(=O)/C=C/c2ccc(Cl)c(Cl)c2)CC1. The molecule has 1 aliphatic heterocycles. The number of carbonyl (C=O) groups is 1. The van der Waals surface area contributed by atoms with Crippen LogP contribution in [0.5, 0.6) is 0 Å². The largest absolute Gasteiger partial charge is 0.381 e. The predicted octanol–water partition coefficient (Wildman–Crippen LogP) is 3.64. The van der Waals surface area contributed by atoms with Crippen LogP contribution in [0.1, 0.15) is 18.4 Å². The Morgan fingerprint density at radius 3 is 2.60 bits per heavy atom. The van der Waals surface area contributed by atoms with E-state index in [1.165, 1.54) is 0 Å². The molecule has 1 heterocycles. The number of carbonyl (C=O) groups excluding carboxylic acids is 1. The van der Waals surface area contributed by atoms with Crippen molar-refractivity contribution < 1.29 is 9.53 Å². The van der Waals surface area contributed by atoms with E-state index in [2.05, 4.69) is 0 Å². The van der Waals surface area contributed by atoms with Gasteiger partial charge >= 0.3 is 0 Å². The Hall–Kier alpha value is -1.03. The highest BCUT2D eigenvalue weighted by molar-refractivity contribution is 6.42. The summed E-state index contributed by atoms with van der Waals surface area (Å²) in [7, 11) is 1.71. The van der Waals surface area contributed by atoms with Gasteiger partial charge in [-0.25, -0.2) is 0 Å². The second-order valence-corrected chi connectivity index (χ2v) is 5.58.